The van der Waals surface area contributed by atoms with Crippen molar-refractivity contribution < 1.29 is 8.42 Å². The molecule has 6 nitrogen and oxygen atoms in total. The molecule has 162 valence electrons. The molecule has 2 N–H and O–H groups in total. The Morgan fingerprint density at radius 2 is 1.73 bits per heavy atom. The maximum absolute atomic E-state index is 11.5. The molecule has 1 aliphatic heterocycles. The summed E-state index contributed by atoms with van der Waals surface area (Å²) in [6.45, 7) is 4.86. The van der Waals surface area contributed by atoms with Crippen molar-refractivity contribution in [2.45, 2.75) is 30.7 Å². The van der Waals surface area contributed by atoms with Crippen LogP contribution in [0.5, 0.6) is 0 Å². The standard InChI is InChI=1S/C23H32N4O2S/c1-24-23(26-15-12-19-8-10-22(11-9-19)30(2,28)29)25-14-5-16-27-17-13-20-6-3-4-7-21(20)18-27/h3-4,6-11H,5,12-18H2,1-2H3,(H2,24,25,26). The molecule has 0 amide bonds. The summed E-state index contributed by atoms with van der Waals surface area (Å²) in [5.74, 6) is 0.798. The molecule has 0 unspecified atom stereocenters. The second kappa shape index (κ2) is 10.6. The third kappa shape index (κ3) is 6.57. The molecule has 3 rings (SSSR count). The van der Waals surface area contributed by atoms with Gasteiger partial charge in [-0.2, -0.15) is 0 Å². The van der Waals surface area contributed by atoms with Gasteiger partial charge in [0.1, 0.15) is 0 Å². The molecule has 0 atom stereocenters. The molecule has 0 saturated carbocycles. The first-order chi connectivity index (χ1) is 14.5. The van der Waals surface area contributed by atoms with E-state index in [0.717, 1.165) is 63.5 Å². The zero-order valence-corrected chi connectivity index (χ0v) is 18.7. The van der Waals surface area contributed by atoms with Crippen molar-refractivity contribution in [3.05, 3.63) is 65.2 Å². The normalized spacial score (nSPS) is 14.9. The summed E-state index contributed by atoms with van der Waals surface area (Å²) in [6, 6.07) is 15.8. The van der Waals surface area contributed by atoms with E-state index in [1.165, 1.54) is 17.4 Å². The minimum atomic E-state index is -3.14. The number of rotatable bonds is 8. The van der Waals surface area contributed by atoms with Crippen molar-refractivity contribution in [3.63, 3.8) is 0 Å². The third-order valence-corrected chi connectivity index (χ3v) is 6.56. The molecule has 1 aliphatic rings. The molecule has 2 aromatic carbocycles. The summed E-state index contributed by atoms with van der Waals surface area (Å²) in [5.41, 5.74) is 4.04. The molecular weight excluding hydrogens is 396 g/mol. The Hall–Kier alpha value is -2.38. The van der Waals surface area contributed by atoms with Crippen molar-refractivity contribution in [2.75, 3.05) is 39.5 Å². The van der Waals surface area contributed by atoms with E-state index < -0.39 is 9.84 Å². The van der Waals surface area contributed by atoms with Gasteiger partial charge in [0.15, 0.2) is 15.8 Å². The van der Waals surface area contributed by atoms with Crippen molar-refractivity contribution in [1.82, 2.24) is 15.5 Å². The van der Waals surface area contributed by atoms with Gasteiger partial charge in [0.2, 0.25) is 0 Å². The van der Waals surface area contributed by atoms with Gasteiger partial charge in [0.05, 0.1) is 4.90 Å². The highest BCUT2D eigenvalue weighted by Crippen LogP contribution is 2.18. The molecule has 2 aromatic rings. The molecule has 0 aromatic heterocycles. The van der Waals surface area contributed by atoms with Crippen LogP contribution in [0.3, 0.4) is 0 Å². The minimum absolute atomic E-state index is 0.355. The fraction of sp³-hybridized carbons (Fsp3) is 0.435. The largest absolute Gasteiger partial charge is 0.356 e. The summed E-state index contributed by atoms with van der Waals surface area (Å²) < 4.78 is 23.1. The van der Waals surface area contributed by atoms with Gasteiger partial charge in [-0.1, -0.05) is 36.4 Å². The molecule has 1 heterocycles. The maximum atomic E-state index is 11.5. The van der Waals surface area contributed by atoms with Crippen LogP contribution >= 0.6 is 0 Å². The van der Waals surface area contributed by atoms with Gasteiger partial charge >= 0.3 is 0 Å². The lowest BCUT2D eigenvalue weighted by atomic mass is 10.00. The van der Waals surface area contributed by atoms with Crippen molar-refractivity contribution >= 4 is 15.8 Å². The number of nitrogens with zero attached hydrogens (tertiary/aromatic N) is 2. The Morgan fingerprint density at radius 3 is 2.43 bits per heavy atom. The number of aliphatic imine (C=N–C) groups is 1. The number of hydrogen-bond acceptors (Lipinski definition) is 4. The van der Waals surface area contributed by atoms with E-state index in [4.69, 9.17) is 0 Å². The first-order valence-electron chi connectivity index (χ1n) is 10.5. The van der Waals surface area contributed by atoms with Crippen LogP contribution in [0.1, 0.15) is 23.1 Å². The van der Waals surface area contributed by atoms with Crippen LogP contribution in [0.2, 0.25) is 0 Å². The molecule has 0 spiro atoms. The summed E-state index contributed by atoms with van der Waals surface area (Å²) in [5, 5.41) is 6.70. The van der Waals surface area contributed by atoms with Gasteiger partial charge in [-0.15, -0.1) is 0 Å². The Kier molecular flexibility index (Phi) is 7.87. The van der Waals surface area contributed by atoms with Gasteiger partial charge in [-0.05, 0) is 48.1 Å². The predicted octanol–water partition coefficient (Wildman–Crippen LogP) is 2.25. The number of fused-ring (bicyclic) bond motifs is 1. The molecule has 0 radical (unpaired) electrons. The van der Waals surface area contributed by atoms with E-state index in [9.17, 15) is 8.42 Å². The topological polar surface area (TPSA) is 73.8 Å². The Labute approximate surface area is 180 Å². The molecular formula is C23H32N4O2S. The number of guanidine groups is 1. The van der Waals surface area contributed by atoms with Gasteiger partial charge < -0.3 is 10.6 Å². The second-order valence-corrected chi connectivity index (χ2v) is 9.76. The van der Waals surface area contributed by atoms with Gasteiger partial charge in [-0.25, -0.2) is 8.42 Å². The number of benzene rings is 2. The van der Waals surface area contributed by atoms with E-state index in [2.05, 4.69) is 44.8 Å². The minimum Gasteiger partial charge on any atom is -0.356 e. The van der Waals surface area contributed by atoms with Gasteiger partial charge in [0.25, 0.3) is 0 Å². The fourth-order valence-electron chi connectivity index (χ4n) is 3.70. The first-order valence-corrected chi connectivity index (χ1v) is 12.4. The van der Waals surface area contributed by atoms with Crippen LogP contribution in [0, 0.1) is 0 Å². The average molecular weight is 429 g/mol. The number of hydrogen-bond donors (Lipinski definition) is 2. The van der Waals surface area contributed by atoms with Crippen molar-refractivity contribution in [1.29, 1.82) is 0 Å². The third-order valence-electron chi connectivity index (χ3n) is 5.43. The first kappa shape index (κ1) is 22.3. The summed E-state index contributed by atoms with van der Waals surface area (Å²) >= 11 is 0. The van der Waals surface area contributed by atoms with Crippen molar-refractivity contribution in [3.8, 4) is 0 Å². The van der Waals surface area contributed by atoms with Gasteiger partial charge in [0, 0.05) is 46.0 Å². The quantitative estimate of drug-likeness (QED) is 0.383. The zero-order valence-electron chi connectivity index (χ0n) is 17.9. The Bertz CT molecular complexity index is 955. The van der Waals surface area contributed by atoms with Crippen LogP contribution < -0.4 is 10.6 Å². The molecule has 0 bridgehead atoms. The lowest BCUT2D eigenvalue weighted by Gasteiger charge is -2.28. The van der Waals surface area contributed by atoms with E-state index in [0.29, 0.717) is 4.90 Å². The Morgan fingerprint density at radius 1 is 1.03 bits per heavy atom. The highest BCUT2D eigenvalue weighted by atomic mass is 32.2. The highest BCUT2D eigenvalue weighted by molar-refractivity contribution is 7.90. The Balaban J connectivity index is 1.33. The highest BCUT2D eigenvalue weighted by Gasteiger charge is 2.14. The second-order valence-electron chi connectivity index (χ2n) is 7.74. The van der Waals surface area contributed by atoms with Crippen LogP contribution in [0.15, 0.2) is 58.4 Å². The molecule has 0 fully saturated rings. The zero-order chi connectivity index (χ0) is 21.4. The summed E-state index contributed by atoms with van der Waals surface area (Å²) in [4.78, 5) is 7.15. The predicted molar refractivity (Wildman–Crippen MR) is 123 cm³/mol. The fourth-order valence-corrected chi connectivity index (χ4v) is 4.33. The molecule has 7 heteroatoms. The molecule has 0 aliphatic carbocycles. The average Bonchev–Trinajstić information content (AvgIpc) is 2.75. The van der Waals surface area contributed by atoms with E-state index >= 15 is 0 Å². The van der Waals surface area contributed by atoms with Crippen molar-refractivity contribution in [2.24, 2.45) is 4.99 Å². The maximum Gasteiger partial charge on any atom is 0.190 e. The smallest absolute Gasteiger partial charge is 0.190 e. The molecule has 30 heavy (non-hydrogen) atoms. The van der Waals surface area contributed by atoms with Crippen LogP contribution in [-0.2, 0) is 29.2 Å². The van der Waals surface area contributed by atoms with Crippen LogP contribution in [-0.4, -0.2) is 58.8 Å². The van der Waals surface area contributed by atoms with Crippen LogP contribution in [0.25, 0.3) is 0 Å². The van der Waals surface area contributed by atoms with E-state index in [1.807, 2.05) is 12.1 Å². The van der Waals surface area contributed by atoms with E-state index in [-0.39, 0.29) is 0 Å². The monoisotopic (exact) mass is 428 g/mol. The lowest BCUT2D eigenvalue weighted by Crippen LogP contribution is -2.40. The summed E-state index contributed by atoms with van der Waals surface area (Å²) in [7, 11) is -1.37. The number of sulfone groups is 1. The summed E-state index contributed by atoms with van der Waals surface area (Å²) in [6.07, 6.45) is 4.23. The van der Waals surface area contributed by atoms with Gasteiger partial charge in [-0.3, -0.25) is 9.89 Å². The van der Waals surface area contributed by atoms with Crippen LogP contribution in [0.4, 0.5) is 0 Å². The van der Waals surface area contributed by atoms with E-state index in [1.54, 1.807) is 19.2 Å². The lowest BCUT2D eigenvalue weighted by molar-refractivity contribution is 0.251. The molecule has 0 saturated heterocycles. The number of nitrogens with one attached hydrogen (secondary N) is 2. The SMILES string of the molecule is CN=C(NCCCN1CCc2ccccc2C1)NCCc1ccc(S(C)(=O)=O)cc1.